The van der Waals surface area contributed by atoms with E-state index in [1.54, 1.807) is 7.11 Å². The van der Waals surface area contributed by atoms with Crippen LogP contribution >= 0.6 is 11.6 Å². The van der Waals surface area contributed by atoms with Gasteiger partial charge in [-0.3, -0.25) is 9.21 Å². The van der Waals surface area contributed by atoms with Crippen LogP contribution in [0.4, 0.5) is 40.2 Å². The zero-order chi connectivity index (χ0) is 31.6. The van der Waals surface area contributed by atoms with E-state index in [0.717, 1.165) is 68.4 Å². The Morgan fingerprint density at radius 2 is 1.77 bits per heavy atom. The van der Waals surface area contributed by atoms with E-state index in [9.17, 15) is 13.5 Å². The number of anilines is 7. The van der Waals surface area contributed by atoms with Crippen LogP contribution in [0.15, 0.2) is 36.5 Å². The molecule has 0 radical (unpaired) electrons. The van der Waals surface area contributed by atoms with Crippen LogP contribution in [-0.4, -0.2) is 106 Å². The largest absolute Gasteiger partial charge is 0.508 e. The number of phenols is 1. The average Bonchev–Trinajstić information content (AvgIpc) is 2.99. The molecule has 238 valence electrons. The number of halogens is 1. The maximum absolute atomic E-state index is 12.2. The Bertz CT molecular complexity index is 1590. The molecule has 0 spiro atoms. The first-order chi connectivity index (χ1) is 20.9. The van der Waals surface area contributed by atoms with Gasteiger partial charge in [0.1, 0.15) is 16.5 Å². The molecule has 0 bridgehead atoms. The SMILES string of the molecule is COc1cc(N2CCC(N3CCN(C)CC3)CC2)c(N)cc1Nc1ncc(Cl)c(Nc2ccc(O)cc2N(C)S(C)(=O)=O)n1. The number of nitrogen functional groups attached to an aromatic ring is 1. The molecular weight excluding hydrogens is 606 g/mol. The highest BCUT2D eigenvalue weighted by molar-refractivity contribution is 7.92. The van der Waals surface area contributed by atoms with Crippen molar-refractivity contribution in [2.45, 2.75) is 18.9 Å². The van der Waals surface area contributed by atoms with Gasteiger partial charge in [0.2, 0.25) is 16.0 Å². The third-order valence-electron chi connectivity index (χ3n) is 8.27. The number of piperazine rings is 1. The Morgan fingerprint density at radius 3 is 2.43 bits per heavy atom. The molecular formula is C29H40ClN9O4S. The van der Waals surface area contributed by atoms with Crippen molar-refractivity contribution in [3.8, 4) is 11.5 Å². The molecule has 44 heavy (non-hydrogen) atoms. The highest BCUT2D eigenvalue weighted by atomic mass is 35.5. The molecule has 2 aliphatic rings. The summed E-state index contributed by atoms with van der Waals surface area (Å²) in [5.41, 5.74) is 9.27. The van der Waals surface area contributed by atoms with Gasteiger partial charge in [-0.25, -0.2) is 13.4 Å². The third kappa shape index (κ3) is 7.15. The van der Waals surface area contributed by atoms with Crippen molar-refractivity contribution in [1.29, 1.82) is 0 Å². The average molecular weight is 646 g/mol. The first kappa shape index (κ1) is 31.7. The second-order valence-corrected chi connectivity index (χ2v) is 13.7. The summed E-state index contributed by atoms with van der Waals surface area (Å²) in [6, 6.07) is 8.65. The van der Waals surface area contributed by atoms with Crippen LogP contribution in [0.25, 0.3) is 0 Å². The highest BCUT2D eigenvalue weighted by Crippen LogP contribution is 2.39. The lowest BCUT2D eigenvalue weighted by Gasteiger charge is -2.42. The molecule has 2 fully saturated rings. The van der Waals surface area contributed by atoms with Crippen molar-refractivity contribution in [2.24, 2.45) is 0 Å². The molecule has 15 heteroatoms. The van der Waals surface area contributed by atoms with Gasteiger partial charge in [0.15, 0.2) is 5.82 Å². The summed E-state index contributed by atoms with van der Waals surface area (Å²) >= 11 is 6.41. The second kappa shape index (κ2) is 13.1. The second-order valence-electron chi connectivity index (χ2n) is 11.2. The van der Waals surface area contributed by atoms with Crippen LogP contribution < -0.4 is 30.3 Å². The fraction of sp³-hybridized carbons (Fsp3) is 0.448. The number of aromatic nitrogens is 2. The standard InChI is InChI=1S/C29H40ClN9O4S/c1-36-11-13-38(14-12-36)19-7-9-39(10-8-19)25-17-27(43-3)24(16-22(25)31)34-29-32-18-21(30)28(35-29)33-23-6-5-20(40)15-26(23)37(2)44(4,41)42/h5-6,15-19,40H,7-14,31H2,1-4H3,(H2,32,33,34,35). The molecule has 2 aromatic carbocycles. The van der Waals surface area contributed by atoms with Crippen LogP contribution in [-0.2, 0) is 10.0 Å². The number of ether oxygens (including phenoxy) is 1. The number of rotatable bonds is 9. The molecule has 13 nitrogen and oxygen atoms in total. The monoisotopic (exact) mass is 645 g/mol. The summed E-state index contributed by atoms with van der Waals surface area (Å²) in [6.45, 7) is 6.31. The Labute approximate surface area is 263 Å². The number of nitrogens with two attached hydrogens (primary N) is 1. The number of sulfonamides is 1. The topological polar surface area (TPSA) is 152 Å². The van der Waals surface area contributed by atoms with Gasteiger partial charge in [0.25, 0.3) is 0 Å². The molecule has 0 atom stereocenters. The van der Waals surface area contributed by atoms with E-state index >= 15 is 0 Å². The number of phenolic OH excluding ortho intramolecular Hbond substituents is 1. The lowest BCUT2D eigenvalue weighted by Crippen LogP contribution is -2.52. The summed E-state index contributed by atoms with van der Waals surface area (Å²) in [6.07, 6.45) is 4.67. The first-order valence-corrected chi connectivity index (χ1v) is 16.6. The first-order valence-electron chi connectivity index (χ1n) is 14.4. The fourth-order valence-corrected chi connectivity index (χ4v) is 6.26. The van der Waals surface area contributed by atoms with Crippen LogP contribution in [0.3, 0.4) is 0 Å². The Kier molecular flexibility index (Phi) is 9.44. The van der Waals surface area contributed by atoms with E-state index in [0.29, 0.717) is 28.9 Å². The van der Waals surface area contributed by atoms with Crippen molar-refractivity contribution < 1.29 is 18.3 Å². The van der Waals surface area contributed by atoms with Crippen molar-refractivity contribution in [3.05, 3.63) is 41.6 Å². The molecule has 0 saturated carbocycles. The number of hydrogen-bond acceptors (Lipinski definition) is 12. The van der Waals surface area contributed by atoms with Crippen LogP contribution in [0.5, 0.6) is 11.5 Å². The quantitative estimate of drug-likeness (QED) is 0.199. The summed E-state index contributed by atoms with van der Waals surface area (Å²) in [4.78, 5) is 16.1. The van der Waals surface area contributed by atoms with Gasteiger partial charge in [-0.1, -0.05) is 11.6 Å². The summed E-state index contributed by atoms with van der Waals surface area (Å²) in [5.74, 6) is 0.931. The van der Waals surface area contributed by atoms with Crippen LogP contribution in [0.1, 0.15) is 12.8 Å². The number of nitrogens with one attached hydrogen (secondary N) is 2. The molecule has 2 aliphatic heterocycles. The minimum atomic E-state index is -3.61. The lowest BCUT2D eigenvalue weighted by molar-refractivity contribution is 0.0982. The normalized spacial score (nSPS) is 17.0. The van der Waals surface area contributed by atoms with Crippen LogP contribution in [0.2, 0.25) is 5.02 Å². The maximum atomic E-state index is 12.2. The van der Waals surface area contributed by atoms with Crippen molar-refractivity contribution >= 4 is 61.8 Å². The van der Waals surface area contributed by atoms with Crippen LogP contribution in [0, 0.1) is 0 Å². The predicted octanol–water partition coefficient (Wildman–Crippen LogP) is 3.53. The smallest absolute Gasteiger partial charge is 0.232 e. The third-order valence-corrected chi connectivity index (χ3v) is 9.74. The van der Waals surface area contributed by atoms with Gasteiger partial charge >= 0.3 is 0 Å². The number of likely N-dealkylation sites (N-methyl/N-ethyl adjacent to an activating group) is 1. The van der Waals surface area contributed by atoms with Gasteiger partial charge in [-0.05, 0) is 38.1 Å². The van der Waals surface area contributed by atoms with Crippen molar-refractivity contribution in [1.82, 2.24) is 19.8 Å². The molecule has 3 heterocycles. The lowest BCUT2D eigenvalue weighted by atomic mass is 10.0. The number of benzene rings is 2. The zero-order valence-corrected chi connectivity index (χ0v) is 27.0. The van der Waals surface area contributed by atoms with Gasteiger partial charge in [0.05, 0.1) is 48.0 Å². The Morgan fingerprint density at radius 1 is 1.07 bits per heavy atom. The van der Waals surface area contributed by atoms with E-state index < -0.39 is 10.0 Å². The van der Waals surface area contributed by atoms with E-state index in [2.05, 4.69) is 42.3 Å². The Hall–Kier alpha value is -3.72. The number of nitrogens with zero attached hydrogens (tertiary/aromatic N) is 6. The number of hydrogen-bond donors (Lipinski definition) is 4. The predicted molar refractivity (Wildman–Crippen MR) is 177 cm³/mol. The molecule has 2 saturated heterocycles. The number of piperidine rings is 1. The van der Waals surface area contributed by atoms with Gasteiger partial charge in [0, 0.05) is 64.5 Å². The minimum absolute atomic E-state index is 0.0928. The van der Waals surface area contributed by atoms with E-state index in [4.69, 9.17) is 22.1 Å². The van der Waals surface area contributed by atoms with Gasteiger partial charge in [-0.2, -0.15) is 4.98 Å². The molecule has 0 unspecified atom stereocenters. The summed E-state index contributed by atoms with van der Waals surface area (Å²) in [5, 5.41) is 16.4. The number of methoxy groups -OCH3 is 1. The maximum Gasteiger partial charge on any atom is 0.232 e. The van der Waals surface area contributed by atoms with E-state index in [-0.39, 0.29) is 28.2 Å². The molecule has 1 aromatic heterocycles. The minimum Gasteiger partial charge on any atom is -0.508 e. The van der Waals surface area contributed by atoms with Gasteiger partial charge < -0.3 is 36.0 Å². The van der Waals surface area contributed by atoms with Gasteiger partial charge in [-0.15, -0.1) is 0 Å². The van der Waals surface area contributed by atoms with Crippen molar-refractivity contribution in [3.63, 3.8) is 0 Å². The summed E-state index contributed by atoms with van der Waals surface area (Å²) in [7, 11) is 1.56. The molecule has 3 aromatic rings. The molecule has 5 N–H and O–H groups in total. The molecule has 5 rings (SSSR count). The highest BCUT2D eigenvalue weighted by Gasteiger charge is 2.28. The molecule has 0 amide bonds. The van der Waals surface area contributed by atoms with Crippen molar-refractivity contribution in [2.75, 3.05) is 92.3 Å². The fourth-order valence-electron chi connectivity index (χ4n) is 5.61. The zero-order valence-electron chi connectivity index (χ0n) is 25.4. The van der Waals surface area contributed by atoms with E-state index in [1.165, 1.54) is 31.4 Å². The van der Waals surface area contributed by atoms with E-state index in [1.807, 2.05) is 12.1 Å². The number of aromatic hydroxyl groups is 1. The molecule has 0 aliphatic carbocycles. The Balaban J connectivity index is 1.32. The summed E-state index contributed by atoms with van der Waals surface area (Å²) < 4.78 is 31.2.